The molecule has 0 aromatic heterocycles. The number of nitrogens with zero attached hydrogens (tertiary/aromatic N) is 2. The van der Waals surface area contributed by atoms with Crippen molar-refractivity contribution >= 4 is 0 Å². The first-order valence-corrected chi connectivity index (χ1v) is 10.5. The van der Waals surface area contributed by atoms with E-state index in [-0.39, 0.29) is 0 Å². The maximum Gasteiger partial charge on any atom is 0.000967 e. The summed E-state index contributed by atoms with van der Waals surface area (Å²) < 4.78 is 0. The average Bonchev–Trinajstić information content (AvgIpc) is 2.55. The molecule has 2 heteroatoms. The van der Waals surface area contributed by atoms with E-state index in [1.807, 2.05) is 0 Å². The van der Waals surface area contributed by atoms with Crippen molar-refractivity contribution < 1.29 is 0 Å². The fraction of sp³-hybridized carbons (Fsp3) is 1.00. The molecule has 0 unspecified atom stereocenters. The molecule has 2 atom stereocenters. The highest BCUT2D eigenvalue weighted by Crippen LogP contribution is 2.20. The van der Waals surface area contributed by atoms with E-state index in [2.05, 4.69) is 44.4 Å². The van der Waals surface area contributed by atoms with Crippen molar-refractivity contribution in [2.24, 2.45) is 17.8 Å². The van der Waals surface area contributed by atoms with E-state index in [0.717, 1.165) is 17.8 Å². The molecule has 2 fully saturated rings. The molecule has 2 rings (SSSR count). The monoisotopic (exact) mass is 324 g/mol. The Kier molecular flexibility index (Phi) is 11.2. The maximum absolute atomic E-state index is 2.64. The first kappa shape index (κ1) is 21.0. The van der Waals surface area contributed by atoms with Crippen molar-refractivity contribution in [3.05, 3.63) is 0 Å². The van der Waals surface area contributed by atoms with Gasteiger partial charge in [0.25, 0.3) is 0 Å². The van der Waals surface area contributed by atoms with Crippen molar-refractivity contribution in [1.29, 1.82) is 0 Å². The summed E-state index contributed by atoms with van der Waals surface area (Å²) in [4.78, 5) is 5.26. The zero-order valence-corrected chi connectivity index (χ0v) is 16.8. The van der Waals surface area contributed by atoms with E-state index in [0.29, 0.717) is 0 Å². The third kappa shape index (κ3) is 9.10. The Morgan fingerprint density at radius 1 is 0.826 bits per heavy atom. The number of rotatable bonds is 6. The van der Waals surface area contributed by atoms with Gasteiger partial charge >= 0.3 is 0 Å². The van der Waals surface area contributed by atoms with E-state index >= 15 is 0 Å². The lowest BCUT2D eigenvalue weighted by Crippen LogP contribution is -2.37. The molecule has 2 aliphatic rings. The van der Waals surface area contributed by atoms with Gasteiger partial charge in [0.2, 0.25) is 0 Å². The van der Waals surface area contributed by atoms with Gasteiger partial charge in [0, 0.05) is 19.6 Å². The summed E-state index contributed by atoms with van der Waals surface area (Å²) >= 11 is 0. The molecule has 0 amide bonds. The van der Waals surface area contributed by atoms with Gasteiger partial charge in [-0.05, 0) is 69.5 Å². The van der Waals surface area contributed by atoms with E-state index < -0.39 is 0 Å². The maximum atomic E-state index is 2.64. The quantitative estimate of drug-likeness (QED) is 0.655. The molecule has 0 bridgehead atoms. The molecule has 2 aliphatic heterocycles. The molecule has 0 radical (unpaired) electrons. The Morgan fingerprint density at radius 2 is 1.35 bits per heavy atom. The summed E-state index contributed by atoms with van der Waals surface area (Å²) in [5, 5.41) is 0. The number of likely N-dealkylation sites (tertiary alicyclic amines) is 2. The standard InChI is InChI=1S/C11H23N.C10H21N/c1-4-11-6-5-7-12(9-11)8-10(2)3;1-3-7-11-8-5-6-10(4-2)9-11/h10-11H,4-9H2,1-3H3;10H,3-9H2,1-2H3/t11-;10-/m01/s1. The van der Waals surface area contributed by atoms with Crippen LogP contribution in [0.2, 0.25) is 0 Å². The summed E-state index contributed by atoms with van der Waals surface area (Å²) in [7, 11) is 0. The molecule has 0 aromatic rings. The molecule has 0 aliphatic carbocycles. The van der Waals surface area contributed by atoms with Crippen LogP contribution in [0.4, 0.5) is 0 Å². The van der Waals surface area contributed by atoms with Gasteiger partial charge in [-0.25, -0.2) is 0 Å². The van der Waals surface area contributed by atoms with Gasteiger partial charge in [0.1, 0.15) is 0 Å². The lowest BCUT2D eigenvalue weighted by Gasteiger charge is -2.33. The molecule has 23 heavy (non-hydrogen) atoms. The second kappa shape index (κ2) is 12.3. The van der Waals surface area contributed by atoms with Crippen LogP contribution in [0, 0.1) is 17.8 Å². The van der Waals surface area contributed by atoms with Crippen LogP contribution in [-0.2, 0) is 0 Å². The largest absolute Gasteiger partial charge is 0.303 e. The average molecular weight is 325 g/mol. The predicted molar refractivity (Wildman–Crippen MR) is 104 cm³/mol. The molecule has 0 spiro atoms. The summed E-state index contributed by atoms with van der Waals surface area (Å²) in [6.07, 6.45) is 9.84. The van der Waals surface area contributed by atoms with Crippen LogP contribution in [0.3, 0.4) is 0 Å². The summed E-state index contributed by atoms with van der Waals surface area (Å²) in [6, 6.07) is 0. The zero-order valence-electron chi connectivity index (χ0n) is 16.8. The molecule has 2 heterocycles. The minimum atomic E-state index is 0.834. The van der Waals surface area contributed by atoms with Gasteiger partial charge in [-0.1, -0.05) is 47.5 Å². The Balaban J connectivity index is 0.000000231. The van der Waals surface area contributed by atoms with Gasteiger partial charge in [0.05, 0.1) is 0 Å². The lowest BCUT2D eigenvalue weighted by molar-refractivity contribution is 0.156. The van der Waals surface area contributed by atoms with Crippen LogP contribution < -0.4 is 0 Å². The molecule has 0 N–H and O–H groups in total. The second-order valence-electron chi connectivity index (χ2n) is 8.29. The summed E-state index contributed by atoms with van der Waals surface area (Å²) in [5.41, 5.74) is 0. The first-order valence-electron chi connectivity index (χ1n) is 10.5. The zero-order chi connectivity index (χ0) is 17.1. The highest BCUT2D eigenvalue weighted by atomic mass is 15.1. The van der Waals surface area contributed by atoms with Crippen LogP contribution in [0.15, 0.2) is 0 Å². The fourth-order valence-electron chi connectivity index (χ4n) is 4.17. The number of hydrogen-bond acceptors (Lipinski definition) is 2. The van der Waals surface area contributed by atoms with Crippen LogP contribution in [0.25, 0.3) is 0 Å². The van der Waals surface area contributed by atoms with Crippen LogP contribution in [0.5, 0.6) is 0 Å². The van der Waals surface area contributed by atoms with Crippen LogP contribution in [0.1, 0.15) is 79.6 Å². The Labute approximate surface area is 147 Å². The molecule has 138 valence electrons. The van der Waals surface area contributed by atoms with Crippen LogP contribution in [-0.4, -0.2) is 49.1 Å². The van der Waals surface area contributed by atoms with E-state index in [9.17, 15) is 0 Å². The van der Waals surface area contributed by atoms with Crippen molar-refractivity contribution in [1.82, 2.24) is 9.80 Å². The van der Waals surface area contributed by atoms with Gasteiger partial charge in [-0.2, -0.15) is 0 Å². The molecular formula is C21H44N2. The highest BCUT2D eigenvalue weighted by Gasteiger charge is 2.18. The summed E-state index contributed by atoms with van der Waals surface area (Å²) in [6.45, 7) is 19.6. The topological polar surface area (TPSA) is 6.48 Å². The molecule has 2 saturated heterocycles. The Bertz CT molecular complexity index is 275. The number of piperidine rings is 2. The smallest absolute Gasteiger partial charge is 0.000967 e. The van der Waals surface area contributed by atoms with E-state index in [1.54, 1.807) is 0 Å². The third-order valence-corrected chi connectivity index (χ3v) is 5.52. The predicted octanol–water partition coefficient (Wildman–Crippen LogP) is 5.28. The SMILES string of the molecule is CCCN1CCC[C@@H](CC)C1.CC[C@H]1CCCN(CC(C)C)C1. The number of hydrogen-bond donors (Lipinski definition) is 0. The Morgan fingerprint density at radius 3 is 1.83 bits per heavy atom. The lowest BCUT2D eigenvalue weighted by atomic mass is 9.95. The van der Waals surface area contributed by atoms with E-state index in [1.165, 1.54) is 84.2 Å². The third-order valence-electron chi connectivity index (χ3n) is 5.52. The minimum absolute atomic E-state index is 0.834. The normalized spacial score (nSPS) is 26.9. The van der Waals surface area contributed by atoms with Gasteiger partial charge in [-0.15, -0.1) is 0 Å². The van der Waals surface area contributed by atoms with E-state index in [4.69, 9.17) is 0 Å². The second-order valence-corrected chi connectivity index (χ2v) is 8.29. The highest BCUT2D eigenvalue weighted by molar-refractivity contribution is 4.72. The molecule has 0 aromatic carbocycles. The first-order chi connectivity index (χ1) is 11.1. The van der Waals surface area contributed by atoms with Crippen molar-refractivity contribution in [3.63, 3.8) is 0 Å². The van der Waals surface area contributed by atoms with Gasteiger partial charge < -0.3 is 9.80 Å². The van der Waals surface area contributed by atoms with Crippen molar-refractivity contribution in [3.8, 4) is 0 Å². The van der Waals surface area contributed by atoms with Crippen molar-refractivity contribution in [2.45, 2.75) is 79.6 Å². The summed E-state index contributed by atoms with van der Waals surface area (Å²) in [5.74, 6) is 2.81. The Hall–Kier alpha value is -0.0800. The molecular weight excluding hydrogens is 280 g/mol. The van der Waals surface area contributed by atoms with Gasteiger partial charge in [0.15, 0.2) is 0 Å². The molecule has 0 saturated carbocycles. The molecule has 2 nitrogen and oxygen atoms in total. The van der Waals surface area contributed by atoms with Crippen LogP contribution >= 0.6 is 0 Å². The van der Waals surface area contributed by atoms with Gasteiger partial charge in [-0.3, -0.25) is 0 Å². The fourth-order valence-corrected chi connectivity index (χ4v) is 4.17. The minimum Gasteiger partial charge on any atom is -0.303 e. The van der Waals surface area contributed by atoms with Crippen molar-refractivity contribution in [2.75, 3.05) is 39.3 Å².